The van der Waals surface area contributed by atoms with Crippen LogP contribution in [0.1, 0.15) is 23.3 Å². The summed E-state index contributed by atoms with van der Waals surface area (Å²) in [7, 11) is 0. The SMILES string of the molecule is O=C(O)c1nn(-c2ccccc2Cl)c(-c2ccc(Cl)cc2)c1NC[C@@H]1CCCN1. The Kier molecular flexibility index (Phi) is 5.76. The summed E-state index contributed by atoms with van der Waals surface area (Å²) in [5, 5.41) is 22.0. The molecule has 1 saturated heterocycles. The molecule has 0 amide bonds. The third-order valence-corrected chi connectivity index (χ3v) is 5.55. The molecule has 4 rings (SSSR count). The maximum atomic E-state index is 12.0. The molecule has 150 valence electrons. The summed E-state index contributed by atoms with van der Waals surface area (Å²) < 4.78 is 1.58. The van der Waals surface area contributed by atoms with E-state index in [1.807, 2.05) is 30.3 Å². The highest BCUT2D eigenvalue weighted by Crippen LogP contribution is 2.36. The lowest BCUT2D eigenvalue weighted by atomic mass is 10.1. The predicted molar refractivity (Wildman–Crippen MR) is 115 cm³/mol. The summed E-state index contributed by atoms with van der Waals surface area (Å²) in [4.78, 5) is 12.0. The predicted octanol–water partition coefficient (Wildman–Crippen LogP) is 4.71. The van der Waals surface area contributed by atoms with E-state index < -0.39 is 5.97 Å². The fourth-order valence-electron chi connectivity index (χ4n) is 3.56. The van der Waals surface area contributed by atoms with Gasteiger partial charge in [-0.1, -0.05) is 47.5 Å². The quantitative estimate of drug-likeness (QED) is 0.527. The van der Waals surface area contributed by atoms with Gasteiger partial charge >= 0.3 is 5.97 Å². The molecule has 6 nitrogen and oxygen atoms in total. The fraction of sp³-hybridized carbons (Fsp3) is 0.238. The Morgan fingerprint density at radius 2 is 1.97 bits per heavy atom. The maximum absolute atomic E-state index is 12.0. The van der Waals surface area contributed by atoms with Crippen molar-refractivity contribution in [2.45, 2.75) is 18.9 Å². The molecular weight excluding hydrogens is 411 g/mol. The molecule has 0 spiro atoms. The zero-order chi connectivity index (χ0) is 20.4. The second kappa shape index (κ2) is 8.45. The van der Waals surface area contributed by atoms with Gasteiger partial charge in [-0.05, 0) is 43.7 Å². The molecule has 1 atom stereocenters. The maximum Gasteiger partial charge on any atom is 0.358 e. The third kappa shape index (κ3) is 4.10. The van der Waals surface area contributed by atoms with Gasteiger partial charge in [-0.15, -0.1) is 0 Å². The number of aromatic nitrogens is 2. The van der Waals surface area contributed by atoms with Crippen molar-refractivity contribution < 1.29 is 9.90 Å². The van der Waals surface area contributed by atoms with Gasteiger partial charge in [0.25, 0.3) is 0 Å². The summed E-state index contributed by atoms with van der Waals surface area (Å²) in [5.74, 6) is -1.10. The first-order valence-corrected chi connectivity index (χ1v) is 10.1. The number of para-hydroxylation sites is 1. The molecule has 1 aliphatic heterocycles. The van der Waals surface area contributed by atoms with Crippen LogP contribution in [0.3, 0.4) is 0 Å². The smallest absolute Gasteiger partial charge is 0.358 e. The first-order chi connectivity index (χ1) is 14.0. The van der Waals surface area contributed by atoms with E-state index in [0.717, 1.165) is 24.9 Å². The highest BCUT2D eigenvalue weighted by atomic mass is 35.5. The number of hydrogen-bond acceptors (Lipinski definition) is 4. The van der Waals surface area contributed by atoms with E-state index in [1.54, 1.807) is 22.9 Å². The number of carbonyl (C=O) groups is 1. The Labute approximate surface area is 178 Å². The number of nitrogens with one attached hydrogen (secondary N) is 2. The zero-order valence-corrected chi connectivity index (χ0v) is 17.0. The van der Waals surface area contributed by atoms with E-state index in [2.05, 4.69) is 15.7 Å². The molecule has 1 fully saturated rings. The number of rotatable bonds is 6. The molecule has 1 aliphatic rings. The summed E-state index contributed by atoms with van der Waals surface area (Å²) in [5.41, 5.74) is 2.44. The Balaban J connectivity index is 1.87. The van der Waals surface area contributed by atoms with E-state index in [9.17, 15) is 9.90 Å². The topological polar surface area (TPSA) is 79.2 Å². The highest BCUT2D eigenvalue weighted by Gasteiger charge is 2.26. The second-order valence-corrected chi connectivity index (χ2v) is 7.77. The number of carboxylic acids is 1. The minimum Gasteiger partial charge on any atom is -0.476 e. The van der Waals surface area contributed by atoms with E-state index in [4.69, 9.17) is 23.2 Å². The number of hydrogen-bond donors (Lipinski definition) is 3. The molecule has 1 aromatic heterocycles. The summed E-state index contributed by atoms with van der Waals surface area (Å²) in [6, 6.07) is 14.7. The average molecular weight is 431 g/mol. The number of anilines is 1. The molecule has 29 heavy (non-hydrogen) atoms. The minimum atomic E-state index is -1.10. The number of halogens is 2. The van der Waals surface area contributed by atoms with Gasteiger partial charge in [-0.2, -0.15) is 5.10 Å². The van der Waals surface area contributed by atoms with Crippen LogP contribution in [0.5, 0.6) is 0 Å². The Morgan fingerprint density at radius 1 is 1.21 bits per heavy atom. The zero-order valence-electron chi connectivity index (χ0n) is 15.5. The van der Waals surface area contributed by atoms with Crippen molar-refractivity contribution in [3.05, 3.63) is 64.3 Å². The van der Waals surface area contributed by atoms with E-state index in [0.29, 0.717) is 39.7 Å². The minimum absolute atomic E-state index is 0.0483. The fourth-order valence-corrected chi connectivity index (χ4v) is 3.91. The van der Waals surface area contributed by atoms with Crippen LogP contribution in [0.25, 0.3) is 16.9 Å². The monoisotopic (exact) mass is 430 g/mol. The summed E-state index contributed by atoms with van der Waals surface area (Å²) in [6.07, 6.45) is 2.16. The molecule has 0 saturated carbocycles. The lowest BCUT2D eigenvalue weighted by molar-refractivity contribution is 0.0691. The van der Waals surface area contributed by atoms with Crippen LogP contribution < -0.4 is 10.6 Å². The van der Waals surface area contributed by atoms with Crippen LogP contribution in [0.4, 0.5) is 5.69 Å². The first kappa shape index (κ1) is 19.8. The number of benzene rings is 2. The molecule has 3 aromatic rings. The molecule has 0 aliphatic carbocycles. The van der Waals surface area contributed by atoms with Crippen LogP contribution in [0, 0.1) is 0 Å². The Morgan fingerprint density at radius 3 is 2.62 bits per heavy atom. The van der Waals surface area contributed by atoms with E-state index in [-0.39, 0.29) is 5.69 Å². The Bertz CT molecular complexity index is 1030. The van der Waals surface area contributed by atoms with Crippen LogP contribution in [-0.2, 0) is 0 Å². The van der Waals surface area contributed by atoms with Crippen molar-refractivity contribution in [1.82, 2.24) is 15.1 Å². The first-order valence-electron chi connectivity index (χ1n) is 9.39. The third-order valence-electron chi connectivity index (χ3n) is 4.97. The molecule has 0 bridgehead atoms. The standard InChI is InChI=1S/C21H20Cl2N4O2/c22-14-9-7-13(8-10-14)20-18(25-12-15-4-3-11-24-15)19(21(28)29)26-27(20)17-6-2-1-5-16(17)23/h1-2,5-10,15,24-25H,3-4,11-12H2,(H,28,29)/t15-/m0/s1. The lowest BCUT2D eigenvalue weighted by Crippen LogP contribution is -2.29. The molecule has 0 radical (unpaired) electrons. The van der Waals surface area contributed by atoms with Crippen molar-refractivity contribution in [2.24, 2.45) is 0 Å². The van der Waals surface area contributed by atoms with Crippen LogP contribution >= 0.6 is 23.2 Å². The van der Waals surface area contributed by atoms with Crippen LogP contribution in [-0.4, -0.2) is 40.0 Å². The van der Waals surface area contributed by atoms with E-state index >= 15 is 0 Å². The van der Waals surface area contributed by atoms with Crippen molar-refractivity contribution in [2.75, 3.05) is 18.4 Å². The van der Waals surface area contributed by atoms with Gasteiger partial charge in [-0.3, -0.25) is 0 Å². The van der Waals surface area contributed by atoms with Gasteiger partial charge in [0.15, 0.2) is 5.69 Å². The van der Waals surface area contributed by atoms with Crippen molar-refractivity contribution in [3.8, 4) is 16.9 Å². The van der Waals surface area contributed by atoms with Crippen molar-refractivity contribution >= 4 is 34.9 Å². The average Bonchev–Trinajstić information content (AvgIpc) is 3.35. The molecule has 2 aromatic carbocycles. The van der Waals surface area contributed by atoms with Gasteiger partial charge in [0.05, 0.1) is 22.1 Å². The highest BCUT2D eigenvalue weighted by molar-refractivity contribution is 6.32. The number of nitrogens with zero attached hydrogens (tertiary/aromatic N) is 2. The van der Waals surface area contributed by atoms with Crippen LogP contribution in [0.2, 0.25) is 10.0 Å². The summed E-state index contributed by atoms with van der Waals surface area (Å²) >= 11 is 12.5. The number of aromatic carboxylic acids is 1. The van der Waals surface area contributed by atoms with Gasteiger partial charge < -0.3 is 15.7 Å². The molecule has 3 N–H and O–H groups in total. The van der Waals surface area contributed by atoms with Gasteiger partial charge in [0.2, 0.25) is 0 Å². The van der Waals surface area contributed by atoms with Gasteiger partial charge in [0, 0.05) is 23.2 Å². The Hall–Kier alpha value is -2.54. The largest absolute Gasteiger partial charge is 0.476 e. The number of carboxylic acid groups (broad SMARTS) is 1. The van der Waals surface area contributed by atoms with Gasteiger partial charge in [0.1, 0.15) is 0 Å². The van der Waals surface area contributed by atoms with Crippen LogP contribution in [0.15, 0.2) is 48.5 Å². The summed E-state index contributed by atoms with van der Waals surface area (Å²) in [6.45, 7) is 1.58. The van der Waals surface area contributed by atoms with E-state index in [1.165, 1.54) is 0 Å². The normalized spacial score (nSPS) is 16.1. The second-order valence-electron chi connectivity index (χ2n) is 6.92. The van der Waals surface area contributed by atoms with Gasteiger partial charge in [-0.25, -0.2) is 9.48 Å². The molecular formula is C21H20Cl2N4O2. The molecule has 0 unspecified atom stereocenters. The lowest BCUT2D eigenvalue weighted by Gasteiger charge is -2.15. The molecule has 8 heteroatoms. The van der Waals surface area contributed by atoms with Crippen molar-refractivity contribution in [3.63, 3.8) is 0 Å². The molecule has 2 heterocycles. The van der Waals surface area contributed by atoms with Crippen molar-refractivity contribution in [1.29, 1.82) is 0 Å².